The normalized spacial score (nSPS) is 11.0. The second-order valence-electron chi connectivity index (χ2n) is 3.67. The third-order valence-corrected chi connectivity index (χ3v) is 3.66. The molecule has 0 fully saturated rings. The molecule has 2 nitrogen and oxygen atoms in total. The molecular weight excluding hydrogens is 236 g/mol. The highest BCUT2D eigenvalue weighted by molar-refractivity contribution is 7.71. The summed E-state index contributed by atoms with van der Waals surface area (Å²) < 4.78 is 2.92. The average Bonchev–Trinajstić information content (AvgIpc) is 2.89. The number of benzene rings is 1. The van der Waals surface area contributed by atoms with Crippen LogP contribution in [0.15, 0.2) is 41.1 Å². The molecule has 0 aliphatic heterocycles. The van der Waals surface area contributed by atoms with Crippen molar-refractivity contribution in [3.05, 3.63) is 51.4 Å². The molecule has 80 valence electrons. The van der Waals surface area contributed by atoms with Gasteiger partial charge in [0, 0.05) is 0 Å². The molecule has 16 heavy (non-hydrogen) atoms. The Morgan fingerprint density at radius 2 is 2.12 bits per heavy atom. The van der Waals surface area contributed by atoms with Crippen molar-refractivity contribution < 1.29 is 0 Å². The van der Waals surface area contributed by atoms with Crippen molar-refractivity contribution in [2.24, 2.45) is 0 Å². The van der Waals surface area contributed by atoms with Gasteiger partial charge in [-0.1, -0.05) is 12.1 Å². The summed E-state index contributed by atoms with van der Waals surface area (Å²) in [5.74, 6) is 0. The lowest BCUT2D eigenvalue weighted by atomic mass is 10.3. The molecule has 0 spiro atoms. The van der Waals surface area contributed by atoms with Gasteiger partial charge >= 0.3 is 0 Å². The standard InChI is InChI=1S/C12H10N2S2/c15-12-13-10-3-1-2-4-11(10)14(12)7-9-5-6-16-8-9/h1-6,8H,7H2,(H,13,15). The van der Waals surface area contributed by atoms with Crippen LogP contribution in [-0.4, -0.2) is 9.55 Å². The molecule has 0 bridgehead atoms. The van der Waals surface area contributed by atoms with Gasteiger partial charge in [0.15, 0.2) is 4.77 Å². The molecule has 0 aliphatic carbocycles. The molecule has 0 radical (unpaired) electrons. The lowest BCUT2D eigenvalue weighted by molar-refractivity contribution is 0.813. The van der Waals surface area contributed by atoms with Gasteiger partial charge < -0.3 is 9.55 Å². The SMILES string of the molecule is S=c1[nH]c2ccccc2n1Cc1ccsc1. The Hall–Kier alpha value is -1.39. The Morgan fingerprint density at radius 3 is 2.94 bits per heavy atom. The summed E-state index contributed by atoms with van der Waals surface area (Å²) in [5, 5.41) is 4.25. The molecule has 1 aromatic carbocycles. The number of rotatable bonds is 2. The predicted molar refractivity (Wildman–Crippen MR) is 70.5 cm³/mol. The molecule has 3 rings (SSSR count). The van der Waals surface area contributed by atoms with Gasteiger partial charge in [-0.25, -0.2) is 0 Å². The van der Waals surface area contributed by atoms with Crippen LogP contribution in [0.2, 0.25) is 0 Å². The van der Waals surface area contributed by atoms with E-state index in [0.29, 0.717) is 0 Å². The first kappa shape index (κ1) is 9.81. The lowest BCUT2D eigenvalue weighted by Crippen LogP contribution is -1.97. The van der Waals surface area contributed by atoms with Gasteiger partial charge in [0.25, 0.3) is 0 Å². The van der Waals surface area contributed by atoms with Gasteiger partial charge in [0.1, 0.15) is 0 Å². The van der Waals surface area contributed by atoms with Gasteiger partial charge in [-0.3, -0.25) is 0 Å². The smallest absolute Gasteiger partial charge is 0.178 e. The van der Waals surface area contributed by atoms with Crippen molar-refractivity contribution >= 4 is 34.6 Å². The van der Waals surface area contributed by atoms with Crippen molar-refractivity contribution in [1.82, 2.24) is 9.55 Å². The largest absolute Gasteiger partial charge is 0.331 e. The highest BCUT2D eigenvalue weighted by atomic mass is 32.1. The fourth-order valence-corrected chi connectivity index (χ4v) is 2.76. The van der Waals surface area contributed by atoms with Crippen molar-refractivity contribution in [3.8, 4) is 0 Å². The second-order valence-corrected chi connectivity index (χ2v) is 4.83. The van der Waals surface area contributed by atoms with Crippen LogP contribution in [0, 0.1) is 4.77 Å². The van der Waals surface area contributed by atoms with E-state index < -0.39 is 0 Å². The summed E-state index contributed by atoms with van der Waals surface area (Å²) in [5.41, 5.74) is 3.56. The van der Waals surface area contributed by atoms with E-state index in [-0.39, 0.29) is 0 Å². The van der Waals surface area contributed by atoms with E-state index >= 15 is 0 Å². The Bertz CT molecular complexity index is 662. The number of nitrogens with zero attached hydrogens (tertiary/aromatic N) is 1. The Kier molecular flexibility index (Phi) is 2.38. The molecule has 0 amide bonds. The van der Waals surface area contributed by atoms with Crippen molar-refractivity contribution in [1.29, 1.82) is 0 Å². The summed E-state index contributed by atoms with van der Waals surface area (Å²) in [7, 11) is 0. The Morgan fingerprint density at radius 1 is 1.25 bits per heavy atom. The maximum Gasteiger partial charge on any atom is 0.178 e. The third kappa shape index (κ3) is 1.60. The third-order valence-electron chi connectivity index (χ3n) is 2.60. The number of imidazole rings is 1. The first-order valence-electron chi connectivity index (χ1n) is 5.03. The first-order valence-corrected chi connectivity index (χ1v) is 6.38. The van der Waals surface area contributed by atoms with E-state index in [4.69, 9.17) is 12.2 Å². The monoisotopic (exact) mass is 246 g/mol. The Balaban J connectivity index is 2.16. The summed E-state index contributed by atoms with van der Waals surface area (Å²) in [6.45, 7) is 0.840. The number of hydrogen-bond acceptors (Lipinski definition) is 2. The quantitative estimate of drug-likeness (QED) is 0.682. The van der Waals surface area contributed by atoms with E-state index in [1.807, 2.05) is 12.1 Å². The molecule has 0 aliphatic rings. The predicted octanol–water partition coefficient (Wildman–Crippen LogP) is 3.81. The molecule has 4 heteroatoms. The van der Waals surface area contributed by atoms with Crippen molar-refractivity contribution in [2.45, 2.75) is 6.54 Å². The van der Waals surface area contributed by atoms with Gasteiger partial charge in [-0.05, 0) is 46.7 Å². The Labute approximate surface area is 102 Å². The molecular formula is C12H10N2S2. The summed E-state index contributed by atoms with van der Waals surface area (Å²) in [6, 6.07) is 10.3. The fourth-order valence-electron chi connectivity index (χ4n) is 1.83. The average molecular weight is 246 g/mol. The van der Waals surface area contributed by atoms with E-state index in [0.717, 1.165) is 16.8 Å². The fraction of sp³-hybridized carbons (Fsp3) is 0.0833. The van der Waals surface area contributed by atoms with Crippen molar-refractivity contribution in [3.63, 3.8) is 0 Å². The number of H-pyrrole nitrogens is 1. The molecule has 0 atom stereocenters. The van der Waals surface area contributed by atoms with Gasteiger partial charge in [0.2, 0.25) is 0 Å². The molecule has 3 aromatic rings. The molecule has 2 heterocycles. The van der Waals surface area contributed by atoms with Gasteiger partial charge in [-0.2, -0.15) is 11.3 Å². The van der Waals surface area contributed by atoms with Crippen LogP contribution < -0.4 is 0 Å². The van der Waals surface area contributed by atoms with Crippen LogP contribution in [0.4, 0.5) is 0 Å². The van der Waals surface area contributed by atoms with E-state index in [1.54, 1.807) is 11.3 Å². The molecule has 2 aromatic heterocycles. The topological polar surface area (TPSA) is 20.7 Å². The number of aromatic amines is 1. The van der Waals surface area contributed by atoms with Crippen LogP contribution in [-0.2, 0) is 6.54 Å². The second kappa shape index (κ2) is 3.88. The summed E-state index contributed by atoms with van der Waals surface area (Å²) in [6.07, 6.45) is 0. The molecule has 0 unspecified atom stereocenters. The van der Waals surface area contributed by atoms with E-state index in [1.165, 1.54) is 11.1 Å². The number of aromatic nitrogens is 2. The molecule has 0 saturated heterocycles. The maximum atomic E-state index is 5.34. The van der Waals surface area contributed by atoms with Crippen LogP contribution in [0.5, 0.6) is 0 Å². The highest BCUT2D eigenvalue weighted by Gasteiger charge is 2.03. The molecule has 0 saturated carbocycles. The van der Waals surface area contributed by atoms with E-state index in [9.17, 15) is 0 Å². The van der Waals surface area contributed by atoms with Crippen LogP contribution in [0.3, 0.4) is 0 Å². The number of nitrogens with one attached hydrogen (secondary N) is 1. The highest BCUT2D eigenvalue weighted by Crippen LogP contribution is 2.16. The summed E-state index contributed by atoms with van der Waals surface area (Å²) in [4.78, 5) is 3.22. The minimum atomic E-state index is 0.785. The number of thiophene rings is 1. The molecule has 1 N–H and O–H groups in total. The van der Waals surface area contributed by atoms with Gasteiger partial charge in [-0.15, -0.1) is 0 Å². The zero-order chi connectivity index (χ0) is 11.0. The van der Waals surface area contributed by atoms with Crippen LogP contribution >= 0.6 is 23.6 Å². The van der Waals surface area contributed by atoms with Crippen LogP contribution in [0.1, 0.15) is 5.56 Å². The summed E-state index contributed by atoms with van der Waals surface area (Å²) >= 11 is 7.05. The van der Waals surface area contributed by atoms with Gasteiger partial charge in [0.05, 0.1) is 17.6 Å². The lowest BCUT2D eigenvalue weighted by Gasteiger charge is -2.01. The number of hydrogen-bond donors (Lipinski definition) is 1. The zero-order valence-corrected chi connectivity index (χ0v) is 10.1. The maximum absolute atomic E-state index is 5.34. The number of para-hydroxylation sites is 2. The zero-order valence-electron chi connectivity index (χ0n) is 8.51. The van der Waals surface area contributed by atoms with Crippen molar-refractivity contribution in [2.75, 3.05) is 0 Å². The first-order chi connectivity index (χ1) is 7.84. The van der Waals surface area contributed by atoms with E-state index in [2.05, 4.69) is 38.5 Å². The van der Waals surface area contributed by atoms with Crippen LogP contribution in [0.25, 0.3) is 11.0 Å². The minimum Gasteiger partial charge on any atom is -0.331 e. The number of fused-ring (bicyclic) bond motifs is 1. The minimum absolute atomic E-state index is 0.785.